The van der Waals surface area contributed by atoms with Gasteiger partial charge >= 0.3 is 0 Å². The van der Waals surface area contributed by atoms with E-state index < -0.39 is 0 Å². The molecular formula is C7H6N2O. The summed E-state index contributed by atoms with van der Waals surface area (Å²) in [5, 5.41) is 1.87. The minimum absolute atomic E-state index is 0.520. The van der Waals surface area contributed by atoms with Gasteiger partial charge in [-0.3, -0.25) is 0 Å². The van der Waals surface area contributed by atoms with Crippen LogP contribution in [0, 0.1) is 0 Å². The van der Waals surface area contributed by atoms with Crippen molar-refractivity contribution >= 4 is 16.6 Å². The zero-order valence-corrected chi connectivity index (χ0v) is 5.24. The Labute approximate surface area is 57.5 Å². The van der Waals surface area contributed by atoms with E-state index in [2.05, 4.69) is 4.98 Å². The molecule has 0 fully saturated rings. The van der Waals surface area contributed by atoms with E-state index in [1.54, 1.807) is 18.7 Å². The summed E-state index contributed by atoms with van der Waals surface area (Å²) in [5.74, 6) is 0.520. The van der Waals surface area contributed by atoms with Gasteiger partial charge in [-0.2, -0.15) is 0 Å². The predicted octanol–water partition coefficient (Wildman–Crippen LogP) is 1.41. The quantitative estimate of drug-likeness (QED) is 0.592. The van der Waals surface area contributed by atoms with Crippen LogP contribution in [0.5, 0.6) is 0 Å². The van der Waals surface area contributed by atoms with Crippen LogP contribution in [0.25, 0.3) is 10.8 Å². The van der Waals surface area contributed by atoms with Crippen molar-refractivity contribution in [2.75, 3.05) is 5.73 Å². The number of furan rings is 1. The highest BCUT2D eigenvalue weighted by atomic mass is 16.3. The summed E-state index contributed by atoms with van der Waals surface area (Å²) in [6.45, 7) is 0. The fourth-order valence-electron chi connectivity index (χ4n) is 0.912. The molecule has 10 heavy (non-hydrogen) atoms. The van der Waals surface area contributed by atoms with E-state index in [0.717, 1.165) is 10.8 Å². The van der Waals surface area contributed by atoms with Crippen LogP contribution < -0.4 is 5.73 Å². The molecule has 0 atom stereocenters. The first-order valence-electron chi connectivity index (χ1n) is 2.94. The largest absolute Gasteiger partial charge is 0.471 e. The van der Waals surface area contributed by atoms with Gasteiger partial charge in [0, 0.05) is 11.6 Å². The van der Waals surface area contributed by atoms with E-state index in [9.17, 15) is 0 Å². The van der Waals surface area contributed by atoms with E-state index in [0.29, 0.717) is 5.82 Å². The number of nitrogens with zero attached hydrogens (tertiary/aromatic N) is 1. The van der Waals surface area contributed by atoms with Crippen LogP contribution >= 0.6 is 0 Å². The summed E-state index contributed by atoms with van der Waals surface area (Å²) in [6, 6.07) is 1.86. The maximum atomic E-state index is 5.53. The molecule has 0 bridgehead atoms. The predicted molar refractivity (Wildman–Crippen MR) is 38.4 cm³/mol. The van der Waals surface area contributed by atoms with Crippen LogP contribution in [0.15, 0.2) is 29.2 Å². The van der Waals surface area contributed by atoms with Gasteiger partial charge in [0.2, 0.25) is 0 Å². The summed E-state index contributed by atoms with van der Waals surface area (Å²) < 4.78 is 4.93. The first kappa shape index (κ1) is 5.29. The lowest BCUT2D eigenvalue weighted by Crippen LogP contribution is -1.87. The topological polar surface area (TPSA) is 52.0 Å². The Hall–Kier alpha value is -1.51. The molecule has 0 amide bonds. The fraction of sp³-hybridized carbons (Fsp3) is 0. The molecule has 0 aliphatic rings. The van der Waals surface area contributed by atoms with Gasteiger partial charge in [0.25, 0.3) is 0 Å². The molecule has 0 aromatic carbocycles. The number of aromatic nitrogens is 1. The lowest BCUT2D eigenvalue weighted by molar-refractivity contribution is 0.572. The van der Waals surface area contributed by atoms with E-state index in [4.69, 9.17) is 10.2 Å². The van der Waals surface area contributed by atoms with E-state index in [1.807, 2.05) is 6.07 Å². The summed E-state index contributed by atoms with van der Waals surface area (Å²) in [4.78, 5) is 3.90. The molecular weight excluding hydrogens is 128 g/mol. The SMILES string of the molecule is Nc1nccc2cocc12. The highest BCUT2D eigenvalue weighted by Crippen LogP contribution is 2.18. The molecule has 0 radical (unpaired) electrons. The molecule has 0 saturated carbocycles. The second-order valence-corrected chi connectivity index (χ2v) is 2.07. The van der Waals surface area contributed by atoms with Gasteiger partial charge in [-0.05, 0) is 6.07 Å². The van der Waals surface area contributed by atoms with Crippen LogP contribution in [0.3, 0.4) is 0 Å². The molecule has 0 aliphatic heterocycles. The number of hydrogen-bond acceptors (Lipinski definition) is 3. The summed E-state index contributed by atoms with van der Waals surface area (Å²) in [7, 11) is 0. The van der Waals surface area contributed by atoms with Crippen molar-refractivity contribution in [2.45, 2.75) is 0 Å². The first-order valence-corrected chi connectivity index (χ1v) is 2.94. The van der Waals surface area contributed by atoms with Crippen LogP contribution in [0.4, 0.5) is 5.82 Å². The van der Waals surface area contributed by atoms with Crippen molar-refractivity contribution in [3.63, 3.8) is 0 Å². The third-order valence-electron chi connectivity index (χ3n) is 1.44. The molecule has 0 saturated heterocycles. The third-order valence-corrected chi connectivity index (χ3v) is 1.44. The Bertz CT molecular complexity index is 353. The number of nitrogens with two attached hydrogens (primary N) is 1. The minimum Gasteiger partial charge on any atom is -0.471 e. The van der Waals surface area contributed by atoms with Crippen molar-refractivity contribution < 1.29 is 4.42 Å². The highest BCUT2D eigenvalue weighted by Gasteiger charge is 1.97. The lowest BCUT2D eigenvalue weighted by atomic mass is 10.3. The normalized spacial score (nSPS) is 10.4. The zero-order valence-electron chi connectivity index (χ0n) is 5.24. The molecule has 2 aromatic rings. The van der Waals surface area contributed by atoms with Crippen LogP contribution in [0.1, 0.15) is 0 Å². The van der Waals surface area contributed by atoms with Crippen LogP contribution in [-0.4, -0.2) is 4.98 Å². The second-order valence-electron chi connectivity index (χ2n) is 2.07. The Morgan fingerprint density at radius 2 is 2.30 bits per heavy atom. The van der Waals surface area contributed by atoms with Crippen molar-refractivity contribution in [1.29, 1.82) is 0 Å². The number of rotatable bonds is 0. The molecule has 2 rings (SSSR count). The average Bonchev–Trinajstić information content (AvgIpc) is 2.36. The average molecular weight is 134 g/mol. The standard InChI is InChI=1S/C7H6N2O/c8-7-6-4-10-3-5(6)1-2-9-7/h1-4H,(H2,8,9). The van der Waals surface area contributed by atoms with Gasteiger partial charge in [0.05, 0.1) is 11.6 Å². The Kier molecular flexibility index (Phi) is 0.917. The van der Waals surface area contributed by atoms with Crippen molar-refractivity contribution in [3.8, 4) is 0 Å². The van der Waals surface area contributed by atoms with Gasteiger partial charge in [-0.25, -0.2) is 4.98 Å². The van der Waals surface area contributed by atoms with Gasteiger partial charge in [0.1, 0.15) is 12.1 Å². The lowest BCUT2D eigenvalue weighted by Gasteiger charge is -1.89. The summed E-state index contributed by atoms with van der Waals surface area (Å²) >= 11 is 0. The minimum atomic E-state index is 0.520. The number of nitrogen functional groups attached to an aromatic ring is 1. The van der Waals surface area contributed by atoms with Crippen LogP contribution in [-0.2, 0) is 0 Å². The van der Waals surface area contributed by atoms with Gasteiger partial charge < -0.3 is 10.2 Å². The first-order chi connectivity index (χ1) is 4.88. The summed E-state index contributed by atoms with van der Waals surface area (Å²) in [5.41, 5.74) is 5.53. The van der Waals surface area contributed by atoms with Crippen molar-refractivity contribution in [1.82, 2.24) is 4.98 Å². The Morgan fingerprint density at radius 1 is 1.40 bits per heavy atom. The molecule has 2 heterocycles. The molecule has 3 heteroatoms. The van der Waals surface area contributed by atoms with E-state index >= 15 is 0 Å². The zero-order chi connectivity index (χ0) is 6.97. The van der Waals surface area contributed by atoms with E-state index in [1.165, 1.54) is 0 Å². The fourth-order valence-corrected chi connectivity index (χ4v) is 0.912. The molecule has 0 spiro atoms. The molecule has 3 nitrogen and oxygen atoms in total. The molecule has 2 aromatic heterocycles. The number of anilines is 1. The smallest absolute Gasteiger partial charge is 0.134 e. The maximum Gasteiger partial charge on any atom is 0.134 e. The van der Waals surface area contributed by atoms with Gasteiger partial charge in [-0.1, -0.05) is 0 Å². The van der Waals surface area contributed by atoms with Gasteiger partial charge in [0.15, 0.2) is 0 Å². The molecule has 50 valence electrons. The number of hydrogen-bond donors (Lipinski definition) is 1. The highest BCUT2D eigenvalue weighted by molar-refractivity contribution is 5.89. The van der Waals surface area contributed by atoms with E-state index in [-0.39, 0.29) is 0 Å². The van der Waals surface area contributed by atoms with Crippen molar-refractivity contribution in [3.05, 3.63) is 24.8 Å². The second kappa shape index (κ2) is 1.73. The maximum absolute atomic E-state index is 5.53. The monoisotopic (exact) mass is 134 g/mol. The van der Waals surface area contributed by atoms with Gasteiger partial charge in [-0.15, -0.1) is 0 Å². The number of pyridine rings is 1. The molecule has 0 unspecified atom stereocenters. The number of fused-ring (bicyclic) bond motifs is 1. The third kappa shape index (κ3) is 0.572. The Morgan fingerprint density at radius 3 is 3.10 bits per heavy atom. The van der Waals surface area contributed by atoms with Crippen LogP contribution in [0.2, 0.25) is 0 Å². The summed E-state index contributed by atoms with van der Waals surface area (Å²) in [6.07, 6.45) is 4.90. The molecule has 2 N–H and O–H groups in total. The van der Waals surface area contributed by atoms with Crippen molar-refractivity contribution in [2.24, 2.45) is 0 Å². The Balaban J connectivity index is 2.95. The molecule has 0 aliphatic carbocycles.